The first-order valence-electron chi connectivity index (χ1n) is 13.0. The molecular formula is C28H38BrN3O5S. The zero-order valence-corrected chi connectivity index (χ0v) is 25.0. The lowest BCUT2D eigenvalue weighted by atomic mass is 9.95. The van der Waals surface area contributed by atoms with Gasteiger partial charge in [0.25, 0.3) is 0 Å². The molecule has 1 aliphatic carbocycles. The lowest BCUT2D eigenvalue weighted by Gasteiger charge is -2.34. The predicted octanol–water partition coefficient (Wildman–Crippen LogP) is 4.79. The number of aryl methyl sites for hydroxylation is 1. The number of ether oxygens (including phenoxy) is 1. The van der Waals surface area contributed by atoms with Crippen molar-refractivity contribution in [2.24, 2.45) is 0 Å². The minimum Gasteiger partial charge on any atom is -0.497 e. The molecule has 1 saturated carbocycles. The number of benzene rings is 2. The van der Waals surface area contributed by atoms with Gasteiger partial charge in [-0.25, -0.2) is 8.42 Å². The van der Waals surface area contributed by atoms with Crippen molar-refractivity contribution in [3.05, 3.63) is 58.1 Å². The Morgan fingerprint density at radius 2 is 1.76 bits per heavy atom. The second kappa shape index (κ2) is 13.5. The third-order valence-corrected chi connectivity index (χ3v) is 8.99. The number of rotatable bonds is 11. The molecule has 1 atom stereocenters. The number of hydrogen-bond donors (Lipinski definition) is 1. The second-order valence-corrected chi connectivity index (χ2v) is 12.6. The fourth-order valence-corrected chi connectivity index (χ4v) is 5.88. The lowest BCUT2D eigenvalue weighted by Crippen LogP contribution is -2.53. The summed E-state index contributed by atoms with van der Waals surface area (Å²) in [5, 5.41) is 3.15. The Bertz CT molecular complexity index is 1210. The summed E-state index contributed by atoms with van der Waals surface area (Å²) >= 11 is 3.44. The van der Waals surface area contributed by atoms with Crippen molar-refractivity contribution >= 4 is 43.5 Å². The smallest absolute Gasteiger partial charge is 0.244 e. The van der Waals surface area contributed by atoms with Gasteiger partial charge in [0, 0.05) is 17.1 Å². The summed E-state index contributed by atoms with van der Waals surface area (Å²) in [6.45, 7) is 3.47. The second-order valence-electron chi connectivity index (χ2n) is 9.84. The number of nitrogens with zero attached hydrogens (tertiary/aromatic N) is 2. The zero-order valence-electron chi connectivity index (χ0n) is 22.6. The minimum absolute atomic E-state index is 0.0986. The van der Waals surface area contributed by atoms with Crippen LogP contribution in [0.15, 0.2) is 46.9 Å². The minimum atomic E-state index is -3.78. The molecule has 1 unspecified atom stereocenters. The predicted molar refractivity (Wildman–Crippen MR) is 154 cm³/mol. The number of nitrogens with one attached hydrogen (secondary N) is 1. The number of hydrogen-bond acceptors (Lipinski definition) is 5. The third kappa shape index (κ3) is 7.96. The zero-order chi connectivity index (χ0) is 27.9. The van der Waals surface area contributed by atoms with E-state index in [1.807, 2.05) is 26.0 Å². The van der Waals surface area contributed by atoms with E-state index in [0.717, 1.165) is 51.8 Å². The van der Waals surface area contributed by atoms with E-state index in [1.54, 1.807) is 37.4 Å². The van der Waals surface area contributed by atoms with Gasteiger partial charge in [0.15, 0.2) is 0 Å². The number of methoxy groups -OCH3 is 1. The van der Waals surface area contributed by atoms with Gasteiger partial charge in [-0.2, -0.15) is 0 Å². The van der Waals surface area contributed by atoms with Crippen LogP contribution in [-0.2, 0) is 26.2 Å². The van der Waals surface area contributed by atoms with Crippen molar-refractivity contribution in [2.75, 3.05) is 24.2 Å². The molecular weight excluding hydrogens is 570 g/mol. The van der Waals surface area contributed by atoms with Crippen LogP contribution in [0, 0.1) is 6.92 Å². The maximum Gasteiger partial charge on any atom is 0.244 e. The summed E-state index contributed by atoms with van der Waals surface area (Å²) in [7, 11) is -2.20. The Kier molecular flexibility index (Phi) is 10.6. The maximum atomic E-state index is 13.9. The summed E-state index contributed by atoms with van der Waals surface area (Å²) in [6, 6.07) is 11.8. The van der Waals surface area contributed by atoms with Crippen molar-refractivity contribution in [3.8, 4) is 5.75 Å². The highest BCUT2D eigenvalue weighted by Crippen LogP contribution is 2.26. The monoisotopic (exact) mass is 607 g/mol. The molecule has 0 aliphatic heterocycles. The van der Waals surface area contributed by atoms with E-state index in [4.69, 9.17) is 4.74 Å². The SMILES string of the molecule is CCC(C(=O)NC1CCCCC1)N(Cc1ccc(OC)cc1)C(=O)CN(c1ccc(Br)c(C)c1)S(C)(=O)=O. The molecule has 2 aromatic carbocycles. The number of carbonyl (C=O) groups excluding carboxylic acids is 2. The third-order valence-electron chi connectivity index (χ3n) is 6.96. The lowest BCUT2D eigenvalue weighted by molar-refractivity contribution is -0.140. The van der Waals surface area contributed by atoms with E-state index in [1.165, 1.54) is 11.3 Å². The van der Waals surface area contributed by atoms with E-state index in [0.29, 0.717) is 17.9 Å². The van der Waals surface area contributed by atoms with Gasteiger partial charge < -0.3 is 15.0 Å². The van der Waals surface area contributed by atoms with Crippen molar-refractivity contribution in [2.45, 2.75) is 71.0 Å². The van der Waals surface area contributed by atoms with Crippen molar-refractivity contribution in [3.63, 3.8) is 0 Å². The first-order valence-corrected chi connectivity index (χ1v) is 15.6. The van der Waals surface area contributed by atoms with Crippen LogP contribution in [0.3, 0.4) is 0 Å². The van der Waals surface area contributed by atoms with Crippen molar-refractivity contribution in [1.29, 1.82) is 0 Å². The summed E-state index contributed by atoms with van der Waals surface area (Å²) in [4.78, 5) is 28.8. The average molecular weight is 609 g/mol. The van der Waals surface area contributed by atoms with Crippen LogP contribution in [0.2, 0.25) is 0 Å². The fraction of sp³-hybridized carbons (Fsp3) is 0.500. The topological polar surface area (TPSA) is 96.0 Å². The number of sulfonamides is 1. The Morgan fingerprint density at radius 3 is 2.32 bits per heavy atom. The summed E-state index contributed by atoms with van der Waals surface area (Å²) in [5.74, 6) is 0.0340. The van der Waals surface area contributed by atoms with Gasteiger partial charge in [-0.3, -0.25) is 13.9 Å². The molecule has 10 heteroatoms. The average Bonchev–Trinajstić information content (AvgIpc) is 2.89. The van der Waals surface area contributed by atoms with Crippen LogP contribution < -0.4 is 14.4 Å². The normalized spacial score (nSPS) is 15.0. The summed E-state index contributed by atoms with van der Waals surface area (Å²) in [6.07, 6.45) is 6.66. The van der Waals surface area contributed by atoms with Gasteiger partial charge in [-0.15, -0.1) is 0 Å². The van der Waals surface area contributed by atoms with Crippen LogP contribution in [0.1, 0.15) is 56.6 Å². The number of anilines is 1. The van der Waals surface area contributed by atoms with Crippen molar-refractivity contribution < 1.29 is 22.7 Å². The molecule has 0 heterocycles. The van der Waals surface area contributed by atoms with Crippen LogP contribution in [-0.4, -0.2) is 57.1 Å². The van der Waals surface area contributed by atoms with E-state index in [2.05, 4.69) is 21.2 Å². The van der Waals surface area contributed by atoms with Gasteiger partial charge in [-0.1, -0.05) is 54.2 Å². The fourth-order valence-electron chi connectivity index (χ4n) is 4.79. The van der Waals surface area contributed by atoms with Gasteiger partial charge in [-0.05, 0) is 67.6 Å². The summed E-state index contributed by atoms with van der Waals surface area (Å²) in [5.41, 5.74) is 2.05. The molecule has 0 spiro atoms. The maximum absolute atomic E-state index is 13.9. The first kappa shape index (κ1) is 30.0. The van der Waals surface area contributed by atoms with E-state index < -0.39 is 28.5 Å². The molecule has 1 N–H and O–H groups in total. The Balaban J connectivity index is 1.92. The van der Waals surface area contributed by atoms with Crippen LogP contribution >= 0.6 is 15.9 Å². The highest BCUT2D eigenvalue weighted by atomic mass is 79.9. The quantitative estimate of drug-likeness (QED) is 0.396. The molecule has 2 aromatic rings. The molecule has 3 rings (SSSR count). The Morgan fingerprint density at radius 1 is 1.11 bits per heavy atom. The van der Waals surface area contributed by atoms with Crippen LogP contribution in [0.5, 0.6) is 5.75 Å². The largest absolute Gasteiger partial charge is 0.497 e. The molecule has 0 aromatic heterocycles. The van der Waals surface area contributed by atoms with Gasteiger partial charge in [0.1, 0.15) is 18.3 Å². The molecule has 208 valence electrons. The number of carbonyl (C=O) groups is 2. The number of amides is 2. The highest BCUT2D eigenvalue weighted by molar-refractivity contribution is 9.10. The highest BCUT2D eigenvalue weighted by Gasteiger charge is 2.33. The molecule has 0 bridgehead atoms. The molecule has 2 amide bonds. The molecule has 1 aliphatic rings. The van der Waals surface area contributed by atoms with Gasteiger partial charge in [0.2, 0.25) is 21.8 Å². The van der Waals surface area contributed by atoms with Gasteiger partial charge in [0.05, 0.1) is 19.1 Å². The number of halogens is 1. The summed E-state index contributed by atoms with van der Waals surface area (Å²) < 4.78 is 32.8. The molecule has 0 saturated heterocycles. The van der Waals surface area contributed by atoms with Crippen LogP contribution in [0.25, 0.3) is 0 Å². The first-order chi connectivity index (χ1) is 18.0. The van der Waals surface area contributed by atoms with E-state index in [-0.39, 0.29) is 18.5 Å². The molecule has 8 nitrogen and oxygen atoms in total. The van der Waals surface area contributed by atoms with E-state index >= 15 is 0 Å². The van der Waals surface area contributed by atoms with Crippen LogP contribution in [0.4, 0.5) is 5.69 Å². The Hall–Kier alpha value is -2.59. The van der Waals surface area contributed by atoms with E-state index in [9.17, 15) is 18.0 Å². The molecule has 38 heavy (non-hydrogen) atoms. The standard InChI is InChI=1S/C28H38BrN3O5S/c1-5-26(28(34)30-22-9-7-6-8-10-22)31(18-21-11-14-24(37-3)15-12-21)27(33)19-32(38(4,35)36)23-13-16-25(29)20(2)17-23/h11-17,22,26H,5-10,18-19H2,1-4H3,(H,30,34). The Labute approximate surface area is 234 Å². The van der Waals surface area contributed by atoms with Gasteiger partial charge >= 0.3 is 0 Å². The van der Waals surface area contributed by atoms with Crippen molar-refractivity contribution in [1.82, 2.24) is 10.2 Å². The molecule has 0 radical (unpaired) electrons. The molecule has 1 fully saturated rings.